The molecular weight excluding hydrogens is 543 g/mol. The van der Waals surface area contributed by atoms with Gasteiger partial charge in [-0.25, -0.2) is 9.37 Å². The number of benzene rings is 2. The molecule has 41 heavy (non-hydrogen) atoms. The van der Waals surface area contributed by atoms with E-state index in [-0.39, 0.29) is 29.4 Å². The van der Waals surface area contributed by atoms with E-state index in [1.807, 2.05) is 37.3 Å². The molecule has 0 saturated heterocycles. The van der Waals surface area contributed by atoms with E-state index in [1.54, 1.807) is 12.3 Å². The van der Waals surface area contributed by atoms with Gasteiger partial charge >= 0.3 is 0 Å². The van der Waals surface area contributed by atoms with Gasteiger partial charge in [0.25, 0.3) is 0 Å². The molecule has 0 aliphatic heterocycles. The number of nitriles is 1. The molecule has 0 amide bonds. The highest BCUT2D eigenvalue weighted by Crippen LogP contribution is 2.24. The number of pyridine rings is 1. The van der Waals surface area contributed by atoms with Gasteiger partial charge in [-0.2, -0.15) is 5.26 Å². The number of aromatic nitrogens is 1. The fraction of sp³-hybridized carbons (Fsp3) is 0.167. The third-order valence-electron chi connectivity index (χ3n) is 4.98. The minimum Gasteiger partial charge on any atom is -0.384 e. The molecular formula is C30H36ClFN8O. The van der Waals surface area contributed by atoms with E-state index >= 15 is 0 Å². The summed E-state index contributed by atoms with van der Waals surface area (Å²) in [6, 6.07) is 16.3. The molecule has 0 spiro atoms. The van der Waals surface area contributed by atoms with E-state index in [0.717, 1.165) is 23.2 Å². The molecule has 11 heteroatoms. The molecule has 216 valence electrons. The van der Waals surface area contributed by atoms with Gasteiger partial charge in [-0.1, -0.05) is 31.2 Å². The van der Waals surface area contributed by atoms with Crippen LogP contribution in [0.5, 0.6) is 0 Å². The summed E-state index contributed by atoms with van der Waals surface area (Å²) in [5.74, 6) is -0.774. The smallest absolute Gasteiger partial charge is 0.189 e. The normalized spacial score (nSPS) is 10.3. The average Bonchev–Trinajstić information content (AvgIpc) is 2.99. The highest BCUT2D eigenvalue weighted by Gasteiger charge is 2.15. The number of nitrogen functional groups attached to an aromatic ring is 2. The van der Waals surface area contributed by atoms with Crippen molar-refractivity contribution in [1.82, 2.24) is 4.98 Å². The van der Waals surface area contributed by atoms with Gasteiger partial charge in [0.15, 0.2) is 5.78 Å². The van der Waals surface area contributed by atoms with Gasteiger partial charge in [0, 0.05) is 41.9 Å². The van der Waals surface area contributed by atoms with E-state index in [2.05, 4.69) is 34.0 Å². The molecule has 2 aromatic carbocycles. The van der Waals surface area contributed by atoms with Crippen molar-refractivity contribution < 1.29 is 9.18 Å². The first-order valence-electron chi connectivity index (χ1n) is 12.2. The summed E-state index contributed by atoms with van der Waals surface area (Å²) in [4.78, 5) is 20.8. The minimum atomic E-state index is -0.448. The maximum Gasteiger partial charge on any atom is 0.189 e. The van der Waals surface area contributed by atoms with Crippen molar-refractivity contribution in [3.05, 3.63) is 107 Å². The van der Waals surface area contributed by atoms with Gasteiger partial charge in [-0.15, -0.1) is 11.6 Å². The Hall–Kier alpha value is -4.69. The van der Waals surface area contributed by atoms with Crippen molar-refractivity contribution in [3.8, 4) is 17.2 Å². The zero-order valence-electron chi connectivity index (χ0n) is 23.4. The number of nitrogens with one attached hydrogen (secondary N) is 1. The summed E-state index contributed by atoms with van der Waals surface area (Å²) in [6.07, 6.45) is 6.01. The molecule has 0 fully saturated rings. The van der Waals surface area contributed by atoms with Crippen molar-refractivity contribution in [1.29, 1.82) is 10.7 Å². The standard InChI is InChI=1S/C26H21FN6O.C2H7N.CH3Cl.CH5N/c1-32-14-17(13-28)11-20(24(34)19-6-8-22(27)9-7-19)10-16-2-4-18(5-3-16)21-12-23(25(29)30)26(31)33-15-21;1-2-3;2*1-2/h2-9,11-12,14-15H,1,10H2,(H3,29,30)(H2,31,33);2-3H2,1H3;1H3;2H2,1H3/b17-14+,20-11+;;;. The lowest BCUT2D eigenvalue weighted by Crippen LogP contribution is -2.14. The average molecular weight is 579 g/mol. The van der Waals surface area contributed by atoms with Crippen LogP contribution >= 0.6 is 11.6 Å². The Morgan fingerprint density at radius 1 is 1.15 bits per heavy atom. The molecule has 0 atom stereocenters. The summed E-state index contributed by atoms with van der Waals surface area (Å²) >= 11 is 4.64. The number of halogens is 2. The second kappa shape index (κ2) is 20.2. The number of alkyl halides is 1. The SMILES string of the molecule is C=N/C=C(C#N)\C=C(/Cc1ccc(-c2cnc(N)c(C(=N)N)c2)cc1)C(=O)c1ccc(F)cc1.CCN.CCl.CN. The Kier molecular flexibility index (Phi) is 17.9. The van der Waals surface area contributed by atoms with Crippen molar-refractivity contribution in [2.45, 2.75) is 13.3 Å². The van der Waals surface area contributed by atoms with Crippen LogP contribution in [-0.4, -0.2) is 43.3 Å². The molecule has 3 rings (SSSR count). The van der Waals surface area contributed by atoms with Crippen LogP contribution in [0.3, 0.4) is 0 Å². The van der Waals surface area contributed by atoms with Gasteiger partial charge in [-0.3, -0.25) is 15.2 Å². The number of aliphatic imine (C=N–C) groups is 1. The van der Waals surface area contributed by atoms with Crippen LogP contribution in [0, 0.1) is 22.6 Å². The number of nitrogens with two attached hydrogens (primary N) is 4. The van der Waals surface area contributed by atoms with Crippen molar-refractivity contribution in [2.24, 2.45) is 22.2 Å². The van der Waals surface area contributed by atoms with Gasteiger partial charge < -0.3 is 22.9 Å². The number of hydrogen-bond donors (Lipinski definition) is 5. The molecule has 0 aliphatic rings. The highest BCUT2D eigenvalue weighted by molar-refractivity contribution is 6.15. The molecule has 0 saturated carbocycles. The van der Waals surface area contributed by atoms with Crippen LogP contribution in [0.2, 0.25) is 0 Å². The third-order valence-corrected chi connectivity index (χ3v) is 4.98. The first kappa shape index (κ1) is 36.3. The number of hydrogen-bond acceptors (Lipinski definition) is 8. The number of nitrogens with zero attached hydrogens (tertiary/aromatic N) is 3. The van der Waals surface area contributed by atoms with E-state index in [1.165, 1.54) is 50.0 Å². The Morgan fingerprint density at radius 2 is 1.71 bits per heavy atom. The lowest BCUT2D eigenvalue weighted by molar-refractivity contribution is 0.103. The van der Waals surface area contributed by atoms with Crippen LogP contribution in [-0.2, 0) is 6.42 Å². The molecule has 0 radical (unpaired) electrons. The minimum absolute atomic E-state index is 0.168. The van der Waals surface area contributed by atoms with Crippen LogP contribution in [0.1, 0.15) is 28.4 Å². The number of amidine groups is 1. The van der Waals surface area contributed by atoms with E-state index in [9.17, 15) is 14.4 Å². The van der Waals surface area contributed by atoms with Crippen LogP contribution in [0.15, 0.2) is 89.2 Å². The third kappa shape index (κ3) is 11.9. The predicted octanol–water partition coefficient (Wildman–Crippen LogP) is 4.61. The molecule has 9 N–H and O–H groups in total. The summed E-state index contributed by atoms with van der Waals surface area (Å²) < 4.78 is 13.3. The number of carbonyl (C=O) groups is 1. The highest BCUT2D eigenvalue weighted by atomic mass is 35.5. The topological polar surface area (TPSA) is 194 Å². The fourth-order valence-corrected chi connectivity index (χ4v) is 3.25. The van der Waals surface area contributed by atoms with E-state index in [4.69, 9.17) is 22.6 Å². The number of ketones is 1. The number of anilines is 1. The van der Waals surface area contributed by atoms with Crippen molar-refractivity contribution in [3.63, 3.8) is 0 Å². The number of carbonyl (C=O) groups excluding carboxylic acids is 1. The molecule has 9 nitrogen and oxygen atoms in total. The molecule has 1 aromatic heterocycles. The largest absolute Gasteiger partial charge is 0.384 e. The molecule has 1 heterocycles. The number of Topliss-reactive ketones (excluding diaryl/α,β-unsaturated/α-hetero) is 1. The fourth-order valence-electron chi connectivity index (χ4n) is 3.25. The Labute approximate surface area is 245 Å². The van der Waals surface area contributed by atoms with Gasteiger partial charge in [-0.05, 0) is 67.8 Å². The van der Waals surface area contributed by atoms with Crippen molar-refractivity contribution >= 4 is 35.8 Å². The molecule has 0 aliphatic carbocycles. The van der Waals surface area contributed by atoms with E-state index < -0.39 is 5.82 Å². The maximum atomic E-state index is 13.3. The summed E-state index contributed by atoms with van der Waals surface area (Å²) in [5.41, 5.74) is 24.2. The van der Waals surface area contributed by atoms with Crippen LogP contribution < -0.4 is 22.9 Å². The number of rotatable bonds is 8. The molecule has 0 unspecified atom stereocenters. The predicted molar refractivity (Wildman–Crippen MR) is 167 cm³/mol. The zero-order chi connectivity index (χ0) is 31.4. The first-order valence-corrected chi connectivity index (χ1v) is 12.9. The van der Waals surface area contributed by atoms with Gasteiger partial charge in [0.2, 0.25) is 0 Å². The second-order valence-electron chi connectivity index (χ2n) is 7.74. The van der Waals surface area contributed by atoms with Crippen LogP contribution in [0.25, 0.3) is 11.1 Å². The first-order chi connectivity index (χ1) is 19.7. The Balaban J connectivity index is 0.00000210. The number of allylic oxidation sites excluding steroid dienone is 3. The summed E-state index contributed by atoms with van der Waals surface area (Å²) in [6.45, 7) is 6.00. The van der Waals surface area contributed by atoms with Crippen LogP contribution in [0.4, 0.5) is 10.2 Å². The monoisotopic (exact) mass is 578 g/mol. The summed E-state index contributed by atoms with van der Waals surface area (Å²) in [7, 11) is 1.50. The Bertz CT molecular complexity index is 1380. The quantitative estimate of drug-likeness (QED) is 0.0489. The maximum absolute atomic E-state index is 13.3. The van der Waals surface area contributed by atoms with E-state index in [0.29, 0.717) is 16.7 Å². The lowest BCUT2D eigenvalue weighted by Gasteiger charge is -2.10. The molecule has 0 bridgehead atoms. The zero-order valence-corrected chi connectivity index (χ0v) is 24.1. The lowest BCUT2D eigenvalue weighted by atomic mass is 9.94. The second-order valence-corrected chi connectivity index (χ2v) is 7.74. The van der Waals surface area contributed by atoms with Crippen molar-refractivity contribution in [2.75, 3.05) is 25.7 Å². The summed E-state index contributed by atoms with van der Waals surface area (Å²) in [5, 5.41) is 17.0. The Morgan fingerprint density at radius 3 is 2.20 bits per heavy atom. The van der Waals surface area contributed by atoms with Gasteiger partial charge in [0.1, 0.15) is 23.5 Å². The van der Waals surface area contributed by atoms with Gasteiger partial charge in [0.05, 0.1) is 11.1 Å². The molecule has 3 aromatic rings.